The normalized spacial score (nSPS) is 10.9. The summed E-state index contributed by atoms with van der Waals surface area (Å²) in [5.74, 6) is -5.62. The van der Waals surface area contributed by atoms with Crippen LogP contribution in [0.4, 0.5) is 17.6 Å². The molecule has 0 amide bonds. The van der Waals surface area contributed by atoms with Crippen molar-refractivity contribution in [3.05, 3.63) is 52.9 Å². The van der Waals surface area contributed by atoms with E-state index in [-0.39, 0.29) is 6.07 Å². The first kappa shape index (κ1) is 11.7. The van der Waals surface area contributed by atoms with E-state index in [0.717, 1.165) is 4.57 Å². The number of nitrogens with zero attached hydrogens (tertiary/aromatic N) is 1. The van der Waals surface area contributed by atoms with Crippen molar-refractivity contribution < 1.29 is 17.6 Å². The van der Waals surface area contributed by atoms with Gasteiger partial charge in [0.1, 0.15) is 5.69 Å². The molecule has 0 aliphatic rings. The van der Waals surface area contributed by atoms with Gasteiger partial charge in [0.2, 0.25) is 0 Å². The molecule has 2 aromatic rings. The van der Waals surface area contributed by atoms with E-state index in [1.54, 1.807) is 26.0 Å². The first-order valence-corrected chi connectivity index (χ1v) is 4.91. The highest BCUT2D eigenvalue weighted by molar-refractivity contribution is 5.41. The minimum absolute atomic E-state index is 0.197. The third-order valence-corrected chi connectivity index (χ3v) is 2.58. The Kier molecular flexibility index (Phi) is 2.69. The predicted octanol–water partition coefficient (Wildman–Crippen LogP) is 3.65. The van der Waals surface area contributed by atoms with Crippen molar-refractivity contribution in [1.82, 2.24) is 4.57 Å². The van der Waals surface area contributed by atoms with Gasteiger partial charge in [-0.3, -0.25) is 0 Å². The molecule has 1 heterocycles. The molecule has 0 bridgehead atoms. The molecule has 0 radical (unpaired) electrons. The molecule has 0 unspecified atom stereocenters. The van der Waals surface area contributed by atoms with Crippen LogP contribution in [0, 0.1) is 37.1 Å². The smallest absolute Gasteiger partial charge is 0.186 e. The van der Waals surface area contributed by atoms with Crippen LogP contribution in [-0.2, 0) is 0 Å². The second kappa shape index (κ2) is 3.91. The first-order valence-electron chi connectivity index (χ1n) is 4.91. The zero-order chi connectivity index (χ0) is 12.7. The molecule has 5 heteroatoms. The van der Waals surface area contributed by atoms with Crippen molar-refractivity contribution in [3.8, 4) is 5.69 Å². The highest BCUT2D eigenvalue weighted by atomic mass is 19.2. The van der Waals surface area contributed by atoms with Crippen LogP contribution in [0.25, 0.3) is 5.69 Å². The Labute approximate surface area is 95.3 Å². The quantitative estimate of drug-likeness (QED) is 0.532. The third kappa shape index (κ3) is 1.71. The molecule has 1 aromatic heterocycles. The number of hydrogen-bond acceptors (Lipinski definition) is 0. The molecule has 0 spiro atoms. The fourth-order valence-electron chi connectivity index (χ4n) is 1.78. The SMILES string of the molecule is Cc1ccc(C)n1-c1c(F)c(F)cc(F)c1F. The van der Waals surface area contributed by atoms with E-state index in [4.69, 9.17) is 0 Å². The van der Waals surface area contributed by atoms with Crippen LogP contribution in [-0.4, -0.2) is 4.57 Å². The van der Waals surface area contributed by atoms with Crippen molar-refractivity contribution in [2.24, 2.45) is 0 Å². The van der Waals surface area contributed by atoms with Crippen molar-refractivity contribution in [2.75, 3.05) is 0 Å². The van der Waals surface area contributed by atoms with Crippen LogP contribution >= 0.6 is 0 Å². The molecule has 2 rings (SSSR count). The van der Waals surface area contributed by atoms with Gasteiger partial charge in [0.25, 0.3) is 0 Å². The van der Waals surface area contributed by atoms with E-state index in [2.05, 4.69) is 0 Å². The average molecular weight is 243 g/mol. The summed E-state index contributed by atoms with van der Waals surface area (Å²) in [6, 6.07) is 3.41. The Balaban J connectivity index is 2.84. The van der Waals surface area contributed by atoms with Gasteiger partial charge in [0.05, 0.1) is 0 Å². The maximum absolute atomic E-state index is 13.6. The lowest BCUT2D eigenvalue weighted by atomic mass is 10.2. The zero-order valence-electron chi connectivity index (χ0n) is 9.19. The van der Waals surface area contributed by atoms with E-state index in [9.17, 15) is 17.6 Å². The summed E-state index contributed by atoms with van der Waals surface area (Å²) in [5, 5.41) is 0. The van der Waals surface area contributed by atoms with Crippen LogP contribution < -0.4 is 0 Å². The molecule has 90 valence electrons. The number of benzene rings is 1. The predicted molar refractivity (Wildman–Crippen MR) is 55.1 cm³/mol. The fraction of sp³-hybridized carbons (Fsp3) is 0.167. The molecule has 0 atom stereocenters. The number of halogens is 4. The molecule has 0 N–H and O–H groups in total. The molecule has 0 aliphatic carbocycles. The highest BCUT2D eigenvalue weighted by Gasteiger charge is 2.22. The largest absolute Gasteiger partial charge is 0.313 e. The second-order valence-electron chi connectivity index (χ2n) is 3.77. The lowest BCUT2D eigenvalue weighted by Gasteiger charge is -2.12. The van der Waals surface area contributed by atoms with Crippen molar-refractivity contribution in [2.45, 2.75) is 13.8 Å². The third-order valence-electron chi connectivity index (χ3n) is 2.58. The van der Waals surface area contributed by atoms with Crippen molar-refractivity contribution >= 4 is 0 Å². The molecular formula is C12H9F4N. The Morgan fingerprint density at radius 3 is 1.65 bits per heavy atom. The van der Waals surface area contributed by atoms with Crippen LogP contribution in [0.1, 0.15) is 11.4 Å². The van der Waals surface area contributed by atoms with Gasteiger partial charge in [-0.25, -0.2) is 17.6 Å². The Bertz CT molecular complexity index is 541. The van der Waals surface area contributed by atoms with Crippen molar-refractivity contribution in [1.29, 1.82) is 0 Å². The molecule has 0 saturated heterocycles. The summed E-state index contributed by atoms with van der Waals surface area (Å²) in [6.07, 6.45) is 0. The summed E-state index contributed by atoms with van der Waals surface area (Å²) >= 11 is 0. The van der Waals surface area contributed by atoms with Crippen molar-refractivity contribution in [3.63, 3.8) is 0 Å². The minimum Gasteiger partial charge on any atom is -0.313 e. The molecule has 1 nitrogen and oxygen atoms in total. The van der Waals surface area contributed by atoms with Gasteiger partial charge in [-0.1, -0.05) is 0 Å². The Morgan fingerprint density at radius 1 is 0.824 bits per heavy atom. The molecular weight excluding hydrogens is 234 g/mol. The molecule has 1 aromatic carbocycles. The maximum atomic E-state index is 13.6. The average Bonchev–Trinajstić information content (AvgIpc) is 2.58. The molecule has 0 aliphatic heterocycles. The number of rotatable bonds is 1. The van der Waals surface area contributed by atoms with Crippen LogP contribution in [0.3, 0.4) is 0 Å². The summed E-state index contributed by atoms with van der Waals surface area (Å²) in [5.41, 5.74) is 0.262. The summed E-state index contributed by atoms with van der Waals surface area (Å²) in [7, 11) is 0. The zero-order valence-corrected chi connectivity index (χ0v) is 9.19. The minimum atomic E-state index is -1.41. The lowest BCUT2D eigenvalue weighted by molar-refractivity contribution is 0.447. The van der Waals surface area contributed by atoms with Crippen LogP contribution in [0.5, 0.6) is 0 Å². The fourth-order valence-corrected chi connectivity index (χ4v) is 1.78. The second-order valence-corrected chi connectivity index (χ2v) is 3.77. The van der Waals surface area contributed by atoms with Gasteiger partial charge in [0.15, 0.2) is 23.3 Å². The summed E-state index contributed by atoms with van der Waals surface area (Å²) in [6.45, 7) is 3.18. The van der Waals surface area contributed by atoms with E-state index in [0.29, 0.717) is 11.4 Å². The van der Waals surface area contributed by atoms with Gasteiger partial charge >= 0.3 is 0 Å². The van der Waals surface area contributed by atoms with E-state index < -0.39 is 29.0 Å². The first-order chi connectivity index (χ1) is 7.93. The van der Waals surface area contributed by atoms with Crippen LogP contribution in [0.2, 0.25) is 0 Å². The highest BCUT2D eigenvalue weighted by Crippen LogP contribution is 2.26. The van der Waals surface area contributed by atoms with Gasteiger partial charge in [0, 0.05) is 17.5 Å². The van der Waals surface area contributed by atoms with Gasteiger partial charge < -0.3 is 4.57 Å². The van der Waals surface area contributed by atoms with Gasteiger partial charge in [-0.05, 0) is 26.0 Å². The lowest BCUT2D eigenvalue weighted by Crippen LogP contribution is -2.08. The standard InChI is InChI=1S/C12H9F4N/c1-6-3-4-7(2)17(6)12-10(15)8(13)5-9(14)11(12)16/h3-5H,1-2H3. The topological polar surface area (TPSA) is 4.93 Å². The van der Waals surface area contributed by atoms with Gasteiger partial charge in [-0.15, -0.1) is 0 Å². The molecule has 17 heavy (non-hydrogen) atoms. The summed E-state index contributed by atoms with van der Waals surface area (Å²) in [4.78, 5) is 0. The molecule has 0 saturated carbocycles. The Hall–Kier alpha value is -1.78. The maximum Gasteiger partial charge on any atom is 0.186 e. The monoisotopic (exact) mass is 243 g/mol. The van der Waals surface area contributed by atoms with E-state index >= 15 is 0 Å². The number of aromatic nitrogens is 1. The molecule has 0 fully saturated rings. The van der Waals surface area contributed by atoms with Crippen LogP contribution in [0.15, 0.2) is 18.2 Å². The van der Waals surface area contributed by atoms with Gasteiger partial charge in [-0.2, -0.15) is 0 Å². The Morgan fingerprint density at radius 2 is 1.24 bits per heavy atom. The number of aryl methyl sites for hydroxylation is 2. The van der Waals surface area contributed by atoms with E-state index in [1.165, 1.54) is 0 Å². The number of hydrogen-bond donors (Lipinski definition) is 0. The van der Waals surface area contributed by atoms with E-state index in [1.807, 2.05) is 0 Å². The summed E-state index contributed by atoms with van der Waals surface area (Å²) < 4.78 is 54.4.